The molecule has 1 aromatic rings. The first-order valence-corrected chi connectivity index (χ1v) is 9.71. The fourth-order valence-corrected chi connectivity index (χ4v) is 3.68. The Kier molecular flexibility index (Phi) is 5.37. The molecule has 21 heavy (non-hydrogen) atoms. The van der Waals surface area contributed by atoms with Crippen molar-refractivity contribution >= 4 is 9.84 Å². The first-order valence-electron chi connectivity index (χ1n) is 7.65. The molecule has 2 rings (SSSR count). The van der Waals surface area contributed by atoms with Gasteiger partial charge in [-0.05, 0) is 46.2 Å². The molecule has 120 valence electrons. The SMILES string of the molecule is Cc1nc(C)n(C[C@@H]2CCCCN2CCCS(C)(=O)=O)n1. The highest BCUT2D eigenvalue weighted by Gasteiger charge is 2.23. The highest BCUT2D eigenvalue weighted by atomic mass is 32.2. The smallest absolute Gasteiger partial charge is 0.147 e. The van der Waals surface area contributed by atoms with Gasteiger partial charge in [0, 0.05) is 12.3 Å². The molecule has 1 aliphatic heterocycles. The second kappa shape index (κ2) is 6.87. The van der Waals surface area contributed by atoms with Crippen LogP contribution in [0.1, 0.15) is 37.3 Å². The van der Waals surface area contributed by atoms with Gasteiger partial charge in [-0.15, -0.1) is 0 Å². The van der Waals surface area contributed by atoms with Crippen LogP contribution in [0.2, 0.25) is 0 Å². The topological polar surface area (TPSA) is 68.1 Å². The van der Waals surface area contributed by atoms with Crippen LogP contribution in [-0.2, 0) is 16.4 Å². The summed E-state index contributed by atoms with van der Waals surface area (Å²) in [5.41, 5.74) is 0. The average Bonchev–Trinajstić information content (AvgIpc) is 2.68. The van der Waals surface area contributed by atoms with Crippen LogP contribution in [-0.4, -0.2) is 59.2 Å². The third-order valence-corrected chi connectivity index (χ3v) is 5.09. The van der Waals surface area contributed by atoms with E-state index in [4.69, 9.17) is 0 Å². The van der Waals surface area contributed by atoms with Gasteiger partial charge < -0.3 is 0 Å². The van der Waals surface area contributed by atoms with Gasteiger partial charge in [-0.3, -0.25) is 4.90 Å². The monoisotopic (exact) mass is 314 g/mol. The normalized spacial score (nSPS) is 20.8. The Hall–Kier alpha value is -0.950. The highest BCUT2D eigenvalue weighted by Crippen LogP contribution is 2.19. The van der Waals surface area contributed by atoms with Crippen LogP contribution in [0, 0.1) is 13.8 Å². The number of hydrogen-bond acceptors (Lipinski definition) is 5. The zero-order valence-corrected chi connectivity index (χ0v) is 14.1. The first-order chi connectivity index (χ1) is 9.85. The lowest BCUT2D eigenvalue weighted by atomic mass is 10.0. The Morgan fingerprint density at radius 3 is 2.67 bits per heavy atom. The van der Waals surface area contributed by atoms with E-state index in [1.807, 2.05) is 18.5 Å². The van der Waals surface area contributed by atoms with Gasteiger partial charge in [0.1, 0.15) is 21.5 Å². The molecule has 0 amide bonds. The summed E-state index contributed by atoms with van der Waals surface area (Å²) in [5.74, 6) is 2.04. The third kappa shape index (κ3) is 5.07. The maximum absolute atomic E-state index is 11.3. The van der Waals surface area contributed by atoms with Crippen LogP contribution in [0.4, 0.5) is 0 Å². The third-order valence-electron chi connectivity index (χ3n) is 4.06. The quantitative estimate of drug-likeness (QED) is 0.789. The van der Waals surface area contributed by atoms with Gasteiger partial charge in [0.25, 0.3) is 0 Å². The van der Waals surface area contributed by atoms with E-state index in [2.05, 4.69) is 15.0 Å². The number of nitrogens with zero attached hydrogens (tertiary/aromatic N) is 4. The maximum atomic E-state index is 11.3. The van der Waals surface area contributed by atoms with Crippen LogP contribution in [0.15, 0.2) is 0 Å². The lowest BCUT2D eigenvalue weighted by Crippen LogP contribution is -2.43. The van der Waals surface area contributed by atoms with Gasteiger partial charge in [0.2, 0.25) is 0 Å². The Labute approximate surface area is 127 Å². The molecule has 7 heteroatoms. The van der Waals surface area contributed by atoms with E-state index in [9.17, 15) is 8.42 Å². The highest BCUT2D eigenvalue weighted by molar-refractivity contribution is 7.90. The largest absolute Gasteiger partial charge is 0.299 e. The summed E-state index contributed by atoms with van der Waals surface area (Å²) in [6.45, 7) is 6.65. The van der Waals surface area contributed by atoms with Gasteiger partial charge in [-0.1, -0.05) is 6.42 Å². The van der Waals surface area contributed by atoms with E-state index < -0.39 is 9.84 Å². The zero-order valence-electron chi connectivity index (χ0n) is 13.2. The number of piperidine rings is 1. The fourth-order valence-electron chi connectivity index (χ4n) is 3.02. The summed E-state index contributed by atoms with van der Waals surface area (Å²) in [5, 5.41) is 4.44. The summed E-state index contributed by atoms with van der Waals surface area (Å²) < 4.78 is 24.5. The molecule has 1 aliphatic rings. The van der Waals surface area contributed by atoms with Gasteiger partial charge in [0.15, 0.2) is 0 Å². The van der Waals surface area contributed by atoms with Crippen LogP contribution in [0.5, 0.6) is 0 Å². The van der Waals surface area contributed by atoms with Crippen molar-refractivity contribution in [2.75, 3.05) is 25.1 Å². The van der Waals surface area contributed by atoms with E-state index in [1.165, 1.54) is 19.1 Å². The van der Waals surface area contributed by atoms with Gasteiger partial charge >= 0.3 is 0 Å². The number of aromatic nitrogens is 3. The minimum atomic E-state index is -2.86. The summed E-state index contributed by atoms with van der Waals surface area (Å²) in [6.07, 6.45) is 5.61. The molecule has 2 heterocycles. The van der Waals surface area contributed by atoms with Crippen LogP contribution in [0.3, 0.4) is 0 Å². The molecule has 0 unspecified atom stereocenters. The van der Waals surface area contributed by atoms with Crippen molar-refractivity contribution in [2.24, 2.45) is 0 Å². The predicted molar refractivity (Wildman–Crippen MR) is 83.0 cm³/mol. The van der Waals surface area contributed by atoms with E-state index in [1.54, 1.807) is 0 Å². The van der Waals surface area contributed by atoms with Crippen molar-refractivity contribution in [1.82, 2.24) is 19.7 Å². The Balaban J connectivity index is 1.94. The average molecular weight is 314 g/mol. The van der Waals surface area contributed by atoms with Crippen molar-refractivity contribution in [3.05, 3.63) is 11.6 Å². The summed E-state index contributed by atoms with van der Waals surface area (Å²) >= 11 is 0. The molecular formula is C14H26N4O2S. The first kappa shape index (κ1) is 16.4. The molecule has 6 nitrogen and oxygen atoms in total. The van der Waals surface area contributed by atoms with E-state index in [0.717, 1.165) is 37.7 Å². The summed E-state index contributed by atoms with van der Waals surface area (Å²) in [4.78, 5) is 6.77. The molecule has 0 aliphatic carbocycles. The molecule has 0 radical (unpaired) electrons. The zero-order chi connectivity index (χ0) is 15.5. The van der Waals surface area contributed by atoms with E-state index >= 15 is 0 Å². The summed E-state index contributed by atoms with van der Waals surface area (Å²) in [7, 11) is -2.86. The molecule has 0 spiro atoms. The molecule has 1 aromatic heterocycles. The van der Waals surface area contributed by atoms with Gasteiger partial charge in [-0.25, -0.2) is 18.1 Å². The van der Waals surface area contributed by atoms with Crippen LogP contribution >= 0.6 is 0 Å². The molecule has 0 aromatic carbocycles. The second-order valence-electron chi connectivity index (χ2n) is 6.06. The number of aryl methyl sites for hydroxylation is 2. The second-order valence-corrected chi connectivity index (χ2v) is 8.32. The minimum absolute atomic E-state index is 0.275. The number of sulfone groups is 1. The summed E-state index contributed by atoms with van der Waals surface area (Å²) in [6, 6.07) is 0.443. The molecule has 0 bridgehead atoms. The van der Waals surface area contributed by atoms with E-state index in [-0.39, 0.29) is 5.75 Å². The van der Waals surface area contributed by atoms with Crippen molar-refractivity contribution in [1.29, 1.82) is 0 Å². The van der Waals surface area contributed by atoms with Gasteiger partial charge in [0.05, 0.1) is 12.3 Å². The fraction of sp³-hybridized carbons (Fsp3) is 0.857. The number of rotatable bonds is 6. The molecule has 0 N–H and O–H groups in total. The molecule has 1 atom stereocenters. The number of hydrogen-bond donors (Lipinski definition) is 0. The lowest BCUT2D eigenvalue weighted by Gasteiger charge is -2.35. The molecule has 0 saturated carbocycles. The van der Waals surface area contributed by atoms with Crippen molar-refractivity contribution in [3.63, 3.8) is 0 Å². The van der Waals surface area contributed by atoms with Crippen LogP contribution in [0.25, 0.3) is 0 Å². The van der Waals surface area contributed by atoms with E-state index in [0.29, 0.717) is 12.5 Å². The predicted octanol–water partition coefficient (Wildman–Crippen LogP) is 1.18. The van der Waals surface area contributed by atoms with Crippen molar-refractivity contribution < 1.29 is 8.42 Å². The minimum Gasteiger partial charge on any atom is -0.299 e. The molecular weight excluding hydrogens is 288 g/mol. The maximum Gasteiger partial charge on any atom is 0.147 e. The standard InChI is InChI=1S/C14H26N4O2S/c1-12-15-13(2)18(16-12)11-14-7-4-5-8-17(14)9-6-10-21(3,19)20/h14H,4-11H2,1-3H3/t14-/m0/s1. The van der Waals surface area contributed by atoms with Crippen molar-refractivity contribution in [3.8, 4) is 0 Å². The molecule has 1 fully saturated rings. The Morgan fingerprint density at radius 2 is 2.05 bits per heavy atom. The van der Waals surface area contributed by atoms with Crippen LogP contribution < -0.4 is 0 Å². The van der Waals surface area contributed by atoms with Gasteiger partial charge in [-0.2, -0.15) is 5.10 Å². The van der Waals surface area contributed by atoms with Crippen molar-refractivity contribution in [2.45, 2.75) is 52.1 Å². The lowest BCUT2D eigenvalue weighted by molar-refractivity contribution is 0.129. The number of likely N-dealkylation sites (tertiary alicyclic amines) is 1. The Bertz CT molecular complexity index is 568. The Morgan fingerprint density at radius 1 is 1.29 bits per heavy atom. The molecule has 1 saturated heterocycles.